The van der Waals surface area contributed by atoms with E-state index in [4.69, 9.17) is 4.98 Å². The van der Waals surface area contributed by atoms with Crippen molar-refractivity contribution in [2.24, 2.45) is 0 Å². The second-order valence-electron chi connectivity index (χ2n) is 4.70. The molecule has 96 valence electrons. The molecular formula is C14H19N3S. The molecule has 2 aromatic rings. The van der Waals surface area contributed by atoms with E-state index in [0.29, 0.717) is 5.92 Å². The van der Waals surface area contributed by atoms with Gasteiger partial charge in [0.05, 0.1) is 5.69 Å². The van der Waals surface area contributed by atoms with Gasteiger partial charge in [0, 0.05) is 29.4 Å². The van der Waals surface area contributed by atoms with Gasteiger partial charge in [0.25, 0.3) is 0 Å². The first-order valence-corrected chi connectivity index (χ1v) is 7.00. The third kappa shape index (κ3) is 2.60. The van der Waals surface area contributed by atoms with Crippen LogP contribution in [0.4, 0.5) is 0 Å². The molecule has 0 fully saturated rings. The summed E-state index contributed by atoms with van der Waals surface area (Å²) >= 11 is 1.77. The Labute approximate surface area is 112 Å². The largest absolute Gasteiger partial charge is 0.315 e. The predicted octanol–water partition coefficient (Wildman–Crippen LogP) is 3.36. The van der Waals surface area contributed by atoms with Gasteiger partial charge >= 0.3 is 0 Å². The molecule has 4 heteroatoms. The molecule has 2 heterocycles. The van der Waals surface area contributed by atoms with Crippen LogP contribution in [0.2, 0.25) is 0 Å². The molecule has 0 saturated carbocycles. The summed E-state index contributed by atoms with van der Waals surface area (Å²) in [5.74, 6) is 0.454. The number of aromatic nitrogens is 2. The predicted molar refractivity (Wildman–Crippen MR) is 76.9 cm³/mol. The van der Waals surface area contributed by atoms with Gasteiger partial charge in [0.2, 0.25) is 0 Å². The Morgan fingerprint density at radius 2 is 2.17 bits per heavy atom. The molecule has 2 aromatic heterocycles. The van der Waals surface area contributed by atoms with Gasteiger partial charge in [-0.05, 0) is 31.5 Å². The van der Waals surface area contributed by atoms with Crippen LogP contribution in [0.1, 0.15) is 35.9 Å². The Kier molecular flexibility index (Phi) is 4.09. The molecule has 0 aromatic carbocycles. The van der Waals surface area contributed by atoms with E-state index in [2.05, 4.69) is 31.1 Å². The maximum absolute atomic E-state index is 4.80. The second kappa shape index (κ2) is 5.59. The van der Waals surface area contributed by atoms with Crippen molar-refractivity contribution in [3.63, 3.8) is 0 Å². The van der Waals surface area contributed by atoms with Gasteiger partial charge in [0.15, 0.2) is 0 Å². The maximum atomic E-state index is 4.80. The molecule has 2 rings (SSSR count). The van der Waals surface area contributed by atoms with Crippen molar-refractivity contribution in [2.75, 3.05) is 7.05 Å². The zero-order chi connectivity index (χ0) is 13.1. The molecule has 1 N–H and O–H groups in total. The quantitative estimate of drug-likeness (QED) is 0.917. The normalized spacial score (nSPS) is 11.2. The van der Waals surface area contributed by atoms with Crippen molar-refractivity contribution in [3.05, 3.63) is 34.6 Å². The minimum absolute atomic E-state index is 0.454. The van der Waals surface area contributed by atoms with Gasteiger partial charge in [-0.15, -0.1) is 11.3 Å². The van der Waals surface area contributed by atoms with Crippen LogP contribution in [-0.4, -0.2) is 17.0 Å². The number of nitrogens with zero attached hydrogens (tertiary/aromatic N) is 2. The molecule has 0 spiro atoms. The van der Waals surface area contributed by atoms with E-state index in [1.165, 1.54) is 16.1 Å². The zero-order valence-electron chi connectivity index (χ0n) is 11.3. The minimum atomic E-state index is 0.454. The third-order valence-electron chi connectivity index (χ3n) is 2.88. The summed E-state index contributed by atoms with van der Waals surface area (Å²) in [5, 5.41) is 4.29. The molecule has 0 amide bonds. The van der Waals surface area contributed by atoms with Crippen LogP contribution < -0.4 is 5.32 Å². The van der Waals surface area contributed by atoms with E-state index in [1.807, 2.05) is 25.5 Å². The monoisotopic (exact) mass is 261 g/mol. The Bertz CT molecular complexity index is 532. The molecule has 0 bridgehead atoms. The van der Waals surface area contributed by atoms with Crippen molar-refractivity contribution >= 4 is 11.3 Å². The molecule has 0 saturated heterocycles. The highest BCUT2D eigenvalue weighted by Crippen LogP contribution is 2.32. The van der Waals surface area contributed by atoms with Crippen LogP contribution in [0.15, 0.2) is 18.5 Å². The minimum Gasteiger partial charge on any atom is -0.315 e. The lowest BCUT2D eigenvalue weighted by atomic mass is 10.1. The van der Waals surface area contributed by atoms with Gasteiger partial charge in [-0.25, -0.2) is 4.98 Å². The fraction of sp³-hybridized carbons (Fsp3) is 0.429. The van der Waals surface area contributed by atoms with E-state index in [0.717, 1.165) is 17.1 Å². The van der Waals surface area contributed by atoms with E-state index < -0.39 is 0 Å². The first kappa shape index (κ1) is 13.2. The topological polar surface area (TPSA) is 37.8 Å². The number of rotatable bonds is 4. The van der Waals surface area contributed by atoms with Crippen LogP contribution in [-0.2, 0) is 6.54 Å². The lowest BCUT2D eigenvalue weighted by molar-refractivity contribution is 0.771. The molecule has 0 atom stereocenters. The van der Waals surface area contributed by atoms with Crippen molar-refractivity contribution in [1.82, 2.24) is 15.3 Å². The van der Waals surface area contributed by atoms with E-state index in [-0.39, 0.29) is 0 Å². The molecule has 0 aliphatic rings. The van der Waals surface area contributed by atoms with E-state index in [1.54, 1.807) is 11.3 Å². The Balaban J connectivity index is 2.47. The Morgan fingerprint density at radius 1 is 1.39 bits per heavy atom. The van der Waals surface area contributed by atoms with Crippen molar-refractivity contribution in [3.8, 4) is 10.6 Å². The van der Waals surface area contributed by atoms with Crippen LogP contribution in [0, 0.1) is 6.92 Å². The average molecular weight is 261 g/mol. The summed E-state index contributed by atoms with van der Waals surface area (Å²) in [6, 6.07) is 2.03. The van der Waals surface area contributed by atoms with Crippen molar-refractivity contribution < 1.29 is 0 Å². The molecule has 0 radical (unpaired) electrons. The average Bonchev–Trinajstić information content (AvgIpc) is 2.74. The highest BCUT2D eigenvalue weighted by atomic mass is 32.1. The first-order chi connectivity index (χ1) is 8.63. The van der Waals surface area contributed by atoms with Gasteiger partial charge < -0.3 is 5.32 Å². The Morgan fingerprint density at radius 3 is 2.78 bits per heavy atom. The van der Waals surface area contributed by atoms with Crippen molar-refractivity contribution in [1.29, 1.82) is 0 Å². The van der Waals surface area contributed by atoms with Gasteiger partial charge in [0.1, 0.15) is 5.01 Å². The SMILES string of the molecule is CNCc1sc(-c2cnccc2C)nc1C(C)C. The summed E-state index contributed by atoms with van der Waals surface area (Å²) in [6.45, 7) is 7.36. The van der Waals surface area contributed by atoms with E-state index in [9.17, 15) is 0 Å². The number of thiazole rings is 1. The van der Waals surface area contributed by atoms with Crippen LogP contribution >= 0.6 is 11.3 Å². The number of aryl methyl sites for hydroxylation is 1. The van der Waals surface area contributed by atoms with Crippen LogP contribution in [0.3, 0.4) is 0 Å². The van der Waals surface area contributed by atoms with Crippen molar-refractivity contribution in [2.45, 2.75) is 33.2 Å². The number of hydrogen-bond donors (Lipinski definition) is 1. The summed E-state index contributed by atoms with van der Waals surface area (Å²) in [7, 11) is 1.97. The highest BCUT2D eigenvalue weighted by molar-refractivity contribution is 7.15. The fourth-order valence-electron chi connectivity index (χ4n) is 1.90. The Hall–Kier alpha value is -1.26. The molecule has 18 heavy (non-hydrogen) atoms. The lowest BCUT2D eigenvalue weighted by Gasteiger charge is -2.03. The van der Waals surface area contributed by atoms with Gasteiger partial charge in [-0.1, -0.05) is 13.8 Å². The highest BCUT2D eigenvalue weighted by Gasteiger charge is 2.15. The summed E-state index contributed by atoms with van der Waals surface area (Å²) in [5.41, 5.74) is 3.57. The molecular weight excluding hydrogens is 242 g/mol. The smallest absolute Gasteiger partial charge is 0.125 e. The molecule has 0 aliphatic carbocycles. The lowest BCUT2D eigenvalue weighted by Crippen LogP contribution is -2.06. The number of pyridine rings is 1. The van der Waals surface area contributed by atoms with Crippen LogP contribution in [0.5, 0.6) is 0 Å². The fourth-order valence-corrected chi connectivity index (χ4v) is 3.21. The molecule has 3 nitrogen and oxygen atoms in total. The van der Waals surface area contributed by atoms with Crippen LogP contribution in [0.25, 0.3) is 10.6 Å². The maximum Gasteiger partial charge on any atom is 0.125 e. The standard InChI is InChI=1S/C14H19N3S/c1-9(2)13-12(8-15-4)18-14(17-13)11-7-16-6-5-10(11)3/h5-7,9,15H,8H2,1-4H3. The summed E-state index contributed by atoms with van der Waals surface area (Å²) < 4.78 is 0. The first-order valence-electron chi connectivity index (χ1n) is 6.18. The summed E-state index contributed by atoms with van der Waals surface area (Å²) in [6.07, 6.45) is 3.73. The number of nitrogens with one attached hydrogen (secondary N) is 1. The molecule has 0 unspecified atom stereocenters. The molecule has 0 aliphatic heterocycles. The zero-order valence-corrected chi connectivity index (χ0v) is 12.1. The van der Waals surface area contributed by atoms with Gasteiger partial charge in [-0.2, -0.15) is 0 Å². The summed E-state index contributed by atoms with van der Waals surface area (Å²) in [4.78, 5) is 10.3. The third-order valence-corrected chi connectivity index (χ3v) is 3.99. The number of hydrogen-bond acceptors (Lipinski definition) is 4. The van der Waals surface area contributed by atoms with Gasteiger partial charge in [-0.3, -0.25) is 4.98 Å². The second-order valence-corrected chi connectivity index (χ2v) is 5.79. The van der Waals surface area contributed by atoms with E-state index >= 15 is 0 Å².